The standard InChI is InChI=1S/C20H20ClN3OS/c21-15-4-3-5-16(12-15)22-19(25)13-24-10-8-14(9-11-24)20-23-17-6-1-2-7-18(17)26-20/h1-7,12,14H,8-11,13H2,(H,22,25)/p+1. The van der Waals surface area contributed by atoms with Crippen LogP contribution in [0.15, 0.2) is 48.5 Å². The van der Waals surface area contributed by atoms with Gasteiger partial charge in [-0.25, -0.2) is 4.98 Å². The average molecular weight is 387 g/mol. The first-order valence-electron chi connectivity index (χ1n) is 8.92. The molecule has 2 heterocycles. The fourth-order valence-corrected chi connectivity index (χ4v) is 4.84. The molecular weight excluding hydrogens is 366 g/mol. The summed E-state index contributed by atoms with van der Waals surface area (Å²) < 4.78 is 1.26. The normalized spacial score (nSPS) is 20.2. The van der Waals surface area contributed by atoms with Crippen molar-refractivity contribution in [1.29, 1.82) is 0 Å². The lowest BCUT2D eigenvalue weighted by Gasteiger charge is -2.27. The van der Waals surface area contributed by atoms with E-state index in [9.17, 15) is 4.79 Å². The second-order valence-corrected chi connectivity index (χ2v) is 8.28. The molecule has 3 aromatic rings. The molecule has 1 aliphatic heterocycles. The van der Waals surface area contributed by atoms with Crippen molar-refractivity contribution in [2.24, 2.45) is 0 Å². The second-order valence-electron chi connectivity index (χ2n) is 6.78. The predicted molar refractivity (Wildman–Crippen MR) is 107 cm³/mol. The SMILES string of the molecule is O=C(C[NH+]1CCC(c2nc3ccccc3s2)CC1)Nc1cccc(Cl)c1. The third-order valence-corrected chi connectivity index (χ3v) is 6.31. The highest BCUT2D eigenvalue weighted by Gasteiger charge is 2.27. The maximum Gasteiger partial charge on any atom is 0.279 e. The summed E-state index contributed by atoms with van der Waals surface area (Å²) in [7, 11) is 0. The molecule has 0 bridgehead atoms. The van der Waals surface area contributed by atoms with Crippen LogP contribution in [0, 0.1) is 0 Å². The molecule has 4 nitrogen and oxygen atoms in total. The molecule has 6 heteroatoms. The van der Waals surface area contributed by atoms with E-state index in [1.54, 1.807) is 12.1 Å². The number of fused-ring (bicyclic) bond motifs is 1. The van der Waals surface area contributed by atoms with Crippen LogP contribution in [0.1, 0.15) is 23.8 Å². The molecule has 0 atom stereocenters. The quantitative estimate of drug-likeness (QED) is 0.722. The Bertz CT molecular complexity index is 885. The van der Waals surface area contributed by atoms with E-state index in [0.717, 1.165) is 37.1 Å². The van der Waals surface area contributed by atoms with Gasteiger partial charge >= 0.3 is 0 Å². The van der Waals surface area contributed by atoms with Crippen LogP contribution in [0.3, 0.4) is 0 Å². The molecule has 26 heavy (non-hydrogen) atoms. The zero-order chi connectivity index (χ0) is 17.9. The fourth-order valence-electron chi connectivity index (χ4n) is 3.51. The number of nitrogens with zero attached hydrogens (tertiary/aromatic N) is 1. The summed E-state index contributed by atoms with van der Waals surface area (Å²) in [6.07, 6.45) is 2.17. The smallest absolute Gasteiger partial charge is 0.279 e. The Morgan fingerprint density at radius 3 is 2.77 bits per heavy atom. The Hall–Kier alpha value is -1.95. The Balaban J connectivity index is 1.31. The van der Waals surface area contributed by atoms with Crippen LogP contribution in [-0.2, 0) is 4.79 Å². The number of piperidine rings is 1. The van der Waals surface area contributed by atoms with E-state index in [1.165, 1.54) is 14.6 Å². The lowest BCUT2D eigenvalue weighted by Crippen LogP contribution is -3.14. The number of halogens is 1. The molecule has 0 aliphatic carbocycles. The minimum Gasteiger partial charge on any atom is -0.327 e. The molecule has 0 saturated carbocycles. The van der Waals surface area contributed by atoms with Crippen molar-refractivity contribution < 1.29 is 9.69 Å². The summed E-state index contributed by atoms with van der Waals surface area (Å²) >= 11 is 7.77. The van der Waals surface area contributed by atoms with Crippen LogP contribution in [0.2, 0.25) is 5.02 Å². The van der Waals surface area contributed by atoms with Crippen molar-refractivity contribution in [3.63, 3.8) is 0 Å². The zero-order valence-electron chi connectivity index (χ0n) is 14.4. The first-order valence-corrected chi connectivity index (χ1v) is 10.1. The predicted octanol–water partition coefficient (Wildman–Crippen LogP) is 3.35. The van der Waals surface area contributed by atoms with E-state index >= 15 is 0 Å². The number of benzene rings is 2. The Labute approximate surface area is 161 Å². The van der Waals surface area contributed by atoms with Gasteiger partial charge in [0.1, 0.15) is 0 Å². The van der Waals surface area contributed by atoms with Gasteiger partial charge in [-0.1, -0.05) is 29.8 Å². The second kappa shape index (κ2) is 7.74. The third kappa shape index (κ3) is 4.06. The summed E-state index contributed by atoms with van der Waals surface area (Å²) in [6.45, 7) is 2.51. The van der Waals surface area contributed by atoms with Gasteiger partial charge in [-0.15, -0.1) is 11.3 Å². The molecule has 0 radical (unpaired) electrons. The van der Waals surface area contributed by atoms with Crippen molar-refractivity contribution in [3.8, 4) is 0 Å². The van der Waals surface area contributed by atoms with Gasteiger partial charge in [-0.3, -0.25) is 4.79 Å². The number of para-hydroxylation sites is 1. The van der Waals surface area contributed by atoms with Crippen molar-refractivity contribution in [3.05, 3.63) is 58.6 Å². The van der Waals surface area contributed by atoms with Crippen LogP contribution in [0.25, 0.3) is 10.2 Å². The van der Waals surface area contributed by atoms with Crippen molar-refractivity contribution in [2.45, 2.75) is 18.8 Å². The van der Waals surface area contributed by atoms with E-state index in [4.69, 9.17) is 16.6 Å². The van der Waals surface area contributed by atoms with E-state index < -0.39 is 0 Å². The van der Waals surface area contributed by atoms with E-state index in [0.29, 0.717) is 17.5 Å². The lowest BCUT2D eigenvalue weighted by atomic mass is 9.97. The van der Waals surface area contributed by atoms with Crippen LogP contribution in [0.4, 0.5) is 5.69 Å². The Morgan fingerprint density at radius 1 is 1.19 bits per heavy atom. The molecule has 2 aromatic carbocycles. The number of carbonyl (C=O) groups excluding carboxylic acids is 1. The minimum absolute atomic E-state index is 0.0423. The highest BCUT2D eigenvalue weighted by molar-refractivity contribution is 7.18. The van der Waals surface area contributed by atoms with Gasteiger partial charge in [-0.05, 0) is 30.3 Å². The number of nitrogens with one attached hydrogen (secondary N) is 2. The molecule has 2 N–H and O–H groups in total. The molecule has 1 amide bonds. The van der Waals surface area contributed by atoms with Crippen molar-refractivity contribution in [1.82, 2.24) is 4.98 Å². The van der Waals surface area contributed by atoms with E-state index in [1.807, 2.05) is 29.5 Å². The van der Waals surface area contributed by atoms with Gasteiger partial charge in [0.2, 0.25) is 0 Å². The van der Waals surface area contributed by atoms with Crippen LogP contribution >= 0.6 is 22.9 Å². The highest BCUT2D eigenvalue weighted by Crippen LogP contribution is 2.31. The molecule has 0 unspecified atom stereocenters. The number of quaternary nitrogens is 1. The first-order chi connectivity index (χ1) is 12.7. The van der Waals surface area contributed by atoms with Crippen LogP contribution in [-0.4, -0.2) is 30.5 Å². The van der Waals surface area contributed by atoms with Gasteiger partial charge in [0.05, 0.1) is 28.3 Å². The maximum absolute atomic E-state index is 12.3. The number of hydrogen-bond donors (Lipinski definition) is 2. The fraction of sp³-hybridized carbons (Fsp3) is 0.300. The van der Waals surface area contributed by atoms with Gasteiger partial charge in [0.25, 0.3) is 5.91 Å². The third-order valence-electron chi connectivity index (χ3n) is 4.87. The average Bonchev–Trinajstić information content (AvgIpc) is 3.06. The molecule has 1 fully saturated rings. The topological polar surface area (TPSA) is 46.4 Å². The summed E-state index contributed by atoms with van der Waals surface area (Å²) in [6, 6.07) is 15.6. The number of aromatic nitrogens is 1. The van der Waals surface area contributed by atoms with Crippen LogP contribution in [0.5, 0.6) is 0 Å². The van der Waals surface area contributed by atoms with Crippen molar-refractivity contribution in [2.75, 3.05) is 25.0 Å². The highest BCUT2D eigenvalue weighted by atomic mass is 35.5. The van der Waals surface area contributed by atoms with Gasteiger partial charge < -0.3 is 10.2 Å². The first kappa shape index (κ1) is 17.5. The minimum atomic E-state index is 0.0423. The summed E-state index contributed by atoms with van der Waals surface area (Å²) in [4.78, 5) is 18.4. The molecule has 1 saturated heterocycles. The molecule has 4 rings (SSSR count). The monoisotopic (exact) mass is 386 g/mol. The largest absolute Gasteiger partial charge is 0.327 e. The Kier molecular flexibility index (Phi) is 5.20. The molecular formula is C20H21ClN3OS+. The number of rotatable bonds is 4. The molecule has 0 spiro atoms. The molecule has 1 aliphatic rings. The molecule has 1 aromatic heterocycles. The number of hydrogen-bond acceptors (Lipinski definition) is 3. The van der Waals surface area contributed by atoms with Gasteiger partial charge in [-0.2, -0.15) is 0 Å². The van der Waals surface area contributed by atoms with Gasteiger partial charge in [0, 0.05) is 29.5 Å². The van der Waals surface area contributed by atoms with Crippen LogP contribution < -0.4 is 10.2 Å². The zero-order valence-corrected chi connectivity index (χ0v) is 15.9. The summed E-state index contributed by atoms with van der Waals surface area (Å²) in [5, 5.41) is 4.81. The molecule has 134 valence electrons. The number of anilines is 1. The summed E-state index contributed by atoms with van der Waals surface area (Å²) in [5.41, 5.74) is 1.86. The van der Waals surface area contributed by atoms with Crippen molar-refractivity contribution >= 4 is 44.7 Å². The number of carbonyl (C=O) groups is 1. The Morgan fingerprint density at radius 2 is 2.00 bits per heavy atom. The number of likely N-dealkylation sites (tertiary alicyclic amines) is 1. The maximum atomic E-state index is 12.3. The van der Waals surface area contributed by atoms with E-state index in [2.05, 4.69) is 23.5 Å². The van der Waals surface area contributed by atoms with Gasteiger partial charge in [0.15, 0.2) is 6.54 Å². The number of thiazole rings is 1. The lowest BCUT2D eigenvalue weighted by molar-refractivity contribution is -0.897. The number of amides is 1. The van der Waals surface area contributed by atoms with E-state index in [-0.39, 0.29) is 5.91 Å². The summed E-state index contributed by atoms with van der Waals surface area (Å²) in [5.74, 6) is 0.563.